The molecule has 0 unspecified atom stereocenters. The highest BCUT2D eigenvalue weighted by molar-refractivity contribution is 7.92. The van der Waals surface area contributed by atoms with E-state index >= 15 is 0 Å². The summed E-state index contributed by atoms with van der Waals surface area (Å²) in [7, 11) is -3.74. The molecule has 2 N–H and O–H groups in total. The second-order valence-electron chi connectivity index (χ2n) is 7.53. The van der Waals surface area contributed by atoms with Gasteiger partial charge < -0.3 is 9.84 Å². The molecule has 0 saturated carbocycles. The maximum atomic E-state index is 13.3. The van der Waals surface area contributed by atoms with Gasteiger partial charge in [0.2, 0.25) is 0 Å². The minimum atomic E-state index is -3.74. The third-order valence-electron chi connectivity index (χ3n) is 5.18. The van der Waals surface area contributed by atoms with Crippen molar-refractivity contribution in [3.8, 4) is 0 Å². The molecule has 3 aromatic rings. The summed E-state index contributed by atoms with van der Waals surface area (Å²) >= 11 is 0. The first-order chi connectivity index (χ1) is 15.4. The van der Waals surface area contributed by atoms with E-state index in [0.717, 1.165) is 11.1 Å². The number of hydrogen-bond acceptors (Lipinski definition) is 5. The van der Waals surface area contributed by atoms with Crippen molar-refractivity contribution in [3.63, 3.8) is 0 Å². The second kappa shape index (κ2) is 10.9. The number of benzene rings is 3. The Hall–Kier alpha value is -3.16. The van der Waals surface area contributed by atoms with Gasteiger partial charge in [0.05, 0.1) is 10.1 Å². The number of aliphatic hydroxyl groups is 1. The summed E-state index contributed by atoms with van der Waals surface area (Å²) in [6.07, 6.45) is -0.255. The molecule has 0 heterocycles. The zero-order chi connectivity index (χ0) is 23.0. The second-order valence-corrected chi connectivity index (χ2v) is 9.76. The fourth-order valence-electron chi connectivity index (χ4n) is 3.36. The number of nitrogens with one attached hydrogen (secondary N) is 1. The molecule has 0 saturated heterocycles. The van der Waals surface area contributed by atoms with E-state index in [1.807, 2.05) is 60.7 Å². The number of carbonyl (C=O) groups is 1. The molecule has 32 heavy (non-hydrogen) atoms. The highest BCUT2D eigenvalue weighted by Gasteiger charge is 2.28. The number of aliphatic hydroxyl groups excluding tert-OH is 1. The number of aryl methyl sites for hydroxylation is 1. The molecule has 3 rings (SSSR count). The number of anilines is 1. The number of sulfone groups is 1. The van der Waals surface area contributed by atoms with Gasteiger partial charge in [0.25, 0.3) is 0 Å². The van der Waals surface area contributed by atoms with Crippen LogP contribution < -0.4 is 5.32 Å². The van der Waals surface area contributed by atoms with Crippen molar-refractivity contribution in [2.24, 2.45) is 0 Å². The normalized spacial score (nSPS) is 12.2. The molecular weight excluding hydrogens is 426 g/mol. The third kappa shape index (κ3) is 6.18. The van der Waals surface area contributed by atoms with Crippen LogP contribution in [0.15, 0.2) is 83.8 Å². The molecule has 0 aliphatic carbocycles. The summed E-state index contributed by atoms with van der Waals surface area (Å²) in [6.45, 7) is 1.65. The summed E-state index contributed by atoms with van der Waals surface area (Å²) in [5, 5.41) is 11.3. The lowest BCUT2D eigenvalue weighted by molar-refractivity contribution is 0.155. The lowest BCUT2D eigenvalue weighted by Gasteiger charge is -2.18. The number of rotatable bonds is 9. The fourth-order valence-corrected chi connectivity index (χ4v) is 5.11. The van der Waals surface area contributed by atoms with Crippen LogP contribution in [0.25, 0.3) is 0 Å². The Morgan fingerprint density at radius 3 is 2.22 bits per heavy atom. The summed E-state index contributed by atoms with van der Waals surface area (Å²) in [4.78, 5) is 12.4. The molecule has 0 bridgehead atoms. The van der Waals surface area contributed by atoms with E-state index in [9.17, 15) is 18.3 Å². The van der Waals surface area contributed by atoms with Crippen LogP contribution in [0, 0.1) is 6.92 Å². The molecule has 7 heteroatoms. The van der Waals surface area contributed by atoms with Crippen molar-refractivity contribution < 1.29 is 23.1 Å². The number of hydrogen-bond donors (Lipinski definition) is 2. The van der Waals surface area contributed by atoms with Gasteiger partial charge in [-0.3, -0.25) is 5.32 Å². The number of ether oxygens (including phenoxy) is 1. The van der Waals surface area contributed by atoms with Gasteiger partial charge in [0.15, 0.2) is 9.84 Å². The van der Waals surface area contributed by atoms with Crippen molar-refractivity contribution in [2.75, 3.05) is 11.9 Å². The lowest BCUT2D eigenvalue weighted by Crippen LogP contribution is -2.25. The SMILES string of the molecule is Cc1ccc(S(=O)(=O)[C@H](CCO)Cc2ccccc2)cc1NC(=O)OCc1ccccc1. The monoisotopic (exact) mass is 453 g/mol. The first kappa shape index (κ1) is 23.5. The van der Waals surface area contributed by atoms with Crippen molar-refractivity contribution >= 4 is 21.6 Å². The van der Waals surface area contributed by atoms with Crippen molar-refractivity contribution in [1.82, 2.24) is 0 Å². The number of carbonyl (C=O) groups excluding carboxylic acids is 1. The lowest BCUT2D eigenvalue weighted by atomic mass is 10.1. The molecule has 3 aromatic carbocycles. The van der Waals surface area contributed by atoms with E-state index in [-0.39, 0.29) is 24.5 Å². The van der Waals surface area contributed by atoms with Crippen LogP contribution in [0.2, 0.25) is 0 Å². The smallest absolute Gasteiger partial charge is 0.411 e. The van der Waals surface area contributed by atoms with E-state index in [0.29, 0.717) is 17.7 Å². The van der Waals surface area contributed by atoms with Gasteiger partial charge in [0.1, 0.15) is 6.61 Å². The Morgan fingerprint density at radius 2 is 1.59 bits per heavy atom. The van der Waals surface area contributed by atoms with Crippen molar-refractivity contribution in [1.29, 1.82) is 0 Å². The zero-order valence-corrected chi connectivity index (χ0v) is 18.7. The van der Waals surface area contributed by atoms with E-state index in [1.165, 1.54) is 12.1 Å². The van der Waals surface area contributed by atoms with Crippen LogP contribution in [-0.4, -0.2) is 31.5 Å². The van der Waals surface area contributed by atoms with Crippen LogP contribution in [0.1, 0.15) is 23.1 Å². The molecule has 0 fully saturated rings. The Morgan fingerprint density at radius 1 is 0.969 bits per heavy atom. The molecule has 0 aromatic heterocycles. The Kier molecular flexibility index (Phi) is 8.03. The summed E-state index contributed by atoms with van der Waals surface area (Å²) in [5.41, 5.74) is 2.81. The fraction of sp³-hybridized carbons (Fsp3) is 0.240. The van der Waals surface area contributed by atoms with Crippen LogP contribution >= 0.6 is 0 Å². The van der Waals surface area contributed by atoms with Gasteiger partial charge in [-0.05, 0) is 48.6 Å². The Balaban J connectivity index is 1.76. The molecular formula is C25H27NO5S. The number of amides is 1. The minimum absolute atomic E-state index is 0.0934. The van der Waals surface area contributed by atoms with Crippen molar-refractivity contribution in [3.05, 3.63) is 95.6 Å². The van der Waals surface area contributed by atoms with Gasteiger partial charge in [-0.1, -0.05) is 66.7 Å². The highest BCUT2D eigenvalue weighted by Crippen LogP contribution is 2.26. The summed E-state index contributed by atoms with van der Waals surface area (Å²) in [6, 6.07) is 23.2. The van der Waals surface area contributed by atoms with Crippen LogP contribution in [0.5, 0.6) is 0 Å². The van der Waals surface area contributed by atoms with Crippen LogP contribution in [0.3, 0.4) is 0 Å². The molecule has 6 nitrogen and oxygen atoms in total. The first-order valence-electron chi connectivity index (χ1n) is 10.4. The topological polar surface area (TPSA) is 92.7 Å². The third-order valence-corrected chi connectivity index (χ3v) is 7.37. The minimum Gasteiger partial charge on any atom is -0.444 e. The summed E-state index contributed by atoms with van der Waals surface area (Å²) in [5.74, 6) is 0. The molecule has 0 spiro atoms. The van der Waals surface area contributed by atoms with Crippen molar-refractivity contribution in [2.45, 2.75) is 36.5 Å². The standard InChI is InChI=1S/C25H27NO5S/c1-19-12-13-22(17-24(19)26-25(28)31-18-21-10-6-3-7-11-21)32(29,30)23(14-15-27)16-20-8-4-2-5-9-20/h2-13,17,23,27H,14-16,18H2,1H3,(H,26,28)/t23-/m1/s1. The molecule has 0 aliphatic heterocycles. The van der Waals surface area contributed by atoms with E-state index in [4.69, 9.17) is 4.74 Å². The van der Waals surface area contributed by atoms with E-state index in [1.54, 1.807) is 13.0 Å². The molecule has 168 valence electrons. The molecule has 0 radical (unpaired) electrons. The molecule has 1 atom stereocenters. The van der Waals surface area contributed by atoms with Crippen LogP contribution in [0.4, 0.5) is 10.5 Å². The van der Waals surface area contributed by atoms with Crippen LogP contribution in [-0.2, 0) is 27.6 Å². The maximum Gasteiger partial charge on any atom is 0.411 e. The average molecular weight is 454 g/mol. The van der Waals surface area contributed by atoms with E-state index < -0.39 is 21.2 Å². The first-order valence-corrected chi connectivity index (χ1v) is 11.9. The average Bonchev–Trinajstić information content (AvgIpc) is 2.80. The van der Waals surface area contributed by atoms with Gasteiger partial charge in [-0.2, -0.15) is 0 Å². The van der Waals surface area contributed by atoms with E-state index in [2.05, 4.69) is 5.32 Å². The quantitative estimate of drug-likeness (QED) is 0.497. The molecule has 1 amide bonds. The predicted octanol–water partition coefficient (Wildman–Crippen LogP) is 4.51. The molecule has 0 aliphatic rings. The summed E-state index contributed by atoms with van der Waals surface area (Å²) < 4.78 is 31.9. The van der Waals surface area contributed by atoms with Gasteiger partial charge in [-0.25, -0.2) is 13.2 Å². The van der Waals surface area contributed by atoms with Gasteiger partial charge in [-0.15, -0.1) is 0 Å². The largest absolute Gasteiger partial charge is 0.444 e. The Labute approximate surface area is 188 Å². The van der Waals surface area contributed by atoms with Gasteiger partial charge >= 0.3 is 6.09 Å². The predicted molar refractivity (Wildman–Crippen MR) is 124 cm³/mol. The van der Waals surface area contributed by atoms with Gasteiger partial charge in [0, 0.05) is 12.3 Å². The highest BCUT2D eigenvalue weighted by atomic mass is 32.2. The zero-order valence-electron chi connectivity index (χ0n) is 17.9. The Bertz CT molecular complexity index is 1130. The maximum absolute atomic E-state index is 13.3.